The van der Waals surface area contributed by atoms with Crippen LogP contribution in [0.1, 0.15) is 65.0 Å². The van der Waals surface area contributed by atoms with E-state index < -0.39 is 28.8 Å². The molecule has 2 fully saturated rings. The third kappa shape index (κ3) is 5.27. The highest BCUT2D eigenvalue weighted by Gasteiger charge is 2.53. The van der Waals surface area contributed by atoms with E-state index in [1.807, 2.05) is 13.8 Å². The van der Waals surface area contributed by atoms with E-state index in [4.69, 9.17) is 14.9 Å². The van der Waals surface area contributed by atoms with Crippen LogP contribution in [0.5, 0.6) is 5.75 Å². The molecule has 1 aromatic rings. The van der Waals surface area contributed by atoms with Crippen LogP contribution >= 0.6 is 0 Å². The molecule has 2 heterocycles. The van der Waals surface area contributed by atoms with Gasteiger partial charge in [0.1, 0.15) is 11.4 Å². The summed E-state index contributed by atoms with van der Waals surface area (Å²) in [5.74, 6) is -2.45. The summed E-state index contributed by atoms with van der Waals surface area (Å²) in [5.41, 5.74) is -0.978. The molecule has 0 spiro atoms. The molecule has 1 saturated heterocycles. The van der Waals surface area contributed by atoms with E-state index in [0.29, 0.717) is 25.9 Å². The van der Waals surface area contributed by atoms with Gasteiger partial charge < -0.3 is 20.1 Å². The lowest BCUT2D eigenvalue weighted by molar-refractivity contribution is -0.133. The quantitative estimate of drug-likeness (QED) is 0.542. The number of nitrogens with zero attached hydrogens (tertiary/aromatic N) is 1. The van der Waals surface area contributed by atoms with Gasteiger partial charge in [0.25, 0.3) is 0 Å². The van der Waals surface area contributed by atoms with Crippen molar-refractivity contribution in [3.05, 3.63) is 29.3 Å². The lowest BCUT2D eigenvalue weighted by Crippen LogP contribution is -2.63. The lowest BCUT2D eigenvalue weighted by atomic mass is 9.89. The van der Waals surface area contributed by atoms with E-state index >= 15 is 0 Å². The summed E-state index contributed by atoms with van der Waals surface area (Å²) in [6.07, 6.45) is 1.64. The van der Waals surface area contributed by atoms with Crippen molar-refractivity contribution in [2.45, 2.75) is 76.6 Å². The van der Waals surface area contributed by atoms with Crippen LogP contribution in [0.15, 0.2) is 12.1 Å². The molecule has 3 N–H and O–H groups in total. The smallest absolute Gasteiger partial charge is 0.231 e. The van der Waals surface area contributed by atoms with Crippen molar-refractivity contribution in [1.82, 2.24) is 15.5 Å². The van der Waals surface area contributed by atoms with Gasteiger partial charge in [-0.15, -0.1) is 0 Å². The van der Waals surface area contributed by atoms with Gasteiger partial charge in [0.15, 0.2) is 17.5 Å². The fraction of sp³-hybridized carbons (Fsp3) is 0.640. The van der Waals surface area contributed by atoms with E-state index in [1.54, 1.807) is 21.0 Å². The summed E-state index contributed by atoms with van der Waals surface area (Å²) in [7, 11) is 1.57. The van der Waals surface area contributed by atoms with E-state index in [9.17, 15) is 18.4 Å². The number of ether oxygens (including phenoxy) is 2. The molecule has 4 rings (SSSR count). The number of hydrogen-bond donors (Lipinski definition) is 3. The third-order valence-corrected chi connectivity index (χ3v) is 6.98. The van der Waals surface area contributed by atoms with E-state index in [-0.39, 0.29) is 53.4 Å². The van der Waals surface area contributed by atoms with Crippen molar-refractivity contribution in [1.29, 1.82) is 5.41 Å². The van der Waals surface area contributed by atoms with Gasteiger partial charge in [-0.25, -0.2) is 8.78 Å². The topological polar surface area (TPSA) is 104 Å². The van der Waals surface area contributed by atoms with Crippen LogP contribution in [0.25, 0.3) is 0 Å². The fourth-order valence-corrected chi connectivity index (χ4v) is 5.35. The fourth-order valence-electron chi connectivity index (χ4n) is 5.35. The molecular formula is C25H34F2N4O4. The first-order valence-electron chi connectivity index (χ1n) is 12.0. The first-order valence-corrected chi connectivity index (χ1v) is 12.0. The molecule has 1 unspecified atom stereocenters. The summed E-state index contributed by atoms with van der Waals surface area (Å²) in [4.78, 5) is 27.7. The Morgan fingerprint density at radius 2 is 2.06 bits per heavy atom. The normalized spacial score (nSPS) is 27.4. The Labute approximate surface area is 204 Å². The van der Waals surface area contributed by atoms with Crippen molar-refractivity contribution >= 4 is 17.8 Å². The van der Waals surface area contributed by atoms with Crippen LogP contribution in [-0.4, -0.2) is 53.6 Å². The standard InChI is InChI=1S/C25H34F2N4O4/c1-24(2)12-20(32)31(23(28)30-24)19(6-7-34-5)14-10-15(14)22(33)29-18-11-25(3,4)35-21-16(18)8-13(26)9-17(21)27/h8-9,14-15,18-19H,6-7,10-12H2,1-5H3,(H2,28,30)(H,29,33)/t14-,15-,18?,19-/m1/s1. The molecule has 1 aliphatic carbocycles. The maximum Gasteiger partial charge on any atom is 0.231 e. The minimum atomic E-state index is -0.798. The highest BCUT2D eigenvalue weighted by molar-refractivity contribution is 5.99. The first kappa shape index (κ1) is 25.3. The number of nitrogens with one attached hydrogen (secondary N) is 3. The molecule has 35 heavy (non-hydrogen) atoms. The molecule has 2 aliphatic heterocycles. The van der Waals surface area contributed by atoms with Crippen molar-refractivity contribution in [2.24, 2.45) is 11.8 Å². The summed E-state index contributed by atoms with van der Waals surface area (Å²) >= 11 is 0. The van der Waals surface area contributed by atoms with Gasteiger partial charge in [-0.2, -0.15) is 0 Å². The number of carbonyl (C=O) groups excluding carboxylic acids is 2. The zero-order valence-corrected chi connectivity index (χ0v) is 20.8. The molecule has 2 amide bonds. The molecule has 192 valence electrons. The predicted molar refractivity (Wildman–Crippen MR) is 125 cm³/mol. The Hall–Kier alpha value is -2.75. The Morgan fingerprint density at radius 3 is 2.71 bits per heavy atom. The van der Waals surface area contributed by atoms with Crippen LogP contribution in [-0.2, 0) is 14.3 Å². The first-order chi connectivity index (χ1) is 16.3. The van der Waals surface area contributed by atoms with Gasteiger partial charge in [0.2, 0.25) is 11.8 Å². The second-order valence-electron chi connectivity index (χ2n) is 11.1. The average molecular weight is 493 g/mol. The number of hydrogen-bond acceptors (Lipinski definition) is 5. The Balaban J connectivity index is 1.51. The van der Waals surface area contributed by atoms with Crippen molar-refractivity contribution in [2.75, 3.05) is 13.7 Å². The molecule has 3 aliphatic rings. The maximum absolute atomic E-state index is 14.4. The van der Waals surface area contributed by atoms with Gasteiger partial charge in [-0.05, 0) is 52.5 Å². The number of guanidine groups is 1. The minimum Gasteiger partial charge on any atom is -0.484 e. The van der Waals surface area contributed by atoms with Gasteiger partial charge in [0.05, 0.1) is 6.04 Å². The number of halogens is 2. The molecule has 1 aromatic carbocycles. The molecule has 4 atom stereocenters. The third-order valence-electron chi connectivity index (χ3n) is 6.98. The van der Waals surface area contributed by atoms with E-state index in [1.165, 1.54) is 11.0 Å². The summed E-state index contributed by atoms with van der Waals surface area (Å²) in [6, 6.07) is 1.01. The number of benzene rings is 1. The van der Waals surface area contributed by atoms with Crippen molar-refractivity contribution in [3.63, 3.8) is 0 Å². The summed E-state index contributed by atoms with van der Waals surface area (Å²) in [6.45, 7) is 7.71. The second kappa shape index (κ2) is 9.04. The molecule has 1 saturated carbocycles. The number of methoxy groups -OCH3 is 1. The van der Waals surface area contributed by atoms with Crippen molar-refractivity contribution in [3.8, 4) is 5.75 Å². The number of rotatable bonds is 7. The van der Waals surface area contributed by atoms with Crippen LogP contribution in [0.3, 0.4) is 0 Å². The van der Waals surface area contributed by atoms with Gasteiger partial charge in [0, 0.05) is 55.7 Å². The van der Waals surface area contributed by atoms with Gasteiger partial charge in [-0.1, -0.05) is 0 Å². The van der Waals surface area contributed by atoms with Crippen molar-refractivity contribution < 1.29 is 27.8 Å². The highest BCUT2D eigenvalue weighted by Crippen LogP contribution is 2.47. The van der Waals surface area contributed by atoms with E-state index in [2.05, 4.69) is 10.6 Å². The molecule has 8 nitrogen and oxygen atoms in total. The Bertz CT molecular complexity index is 1020. The summed E-state index contributed by atoms with van der Waals surface area (Å²) < 4.78 is 39.4. The molecule has 0 bridgehead atoms. The van der Waals surface area contributed by atoms with Crippen LogP contribution in [0, 0.1) is 28.9 Å². The zero-order chi connectivity index (χ0) is 25.7. The molecule has 0 aromatic heterocycles. The average Bonchev–Trinajstić information content (AvgIpc) is 3.50. The Morgan fingerprint density at radius 1 is 1.34 bits per heavy atom. The number of fused-ring (bicyclic) bond motifs is 1. The predicted octanol–water partition coefficient (Wildman–Crippen LogP) is 3.26. The lowest BCUT2D eigenvalue weighted by Gasteiger charge is -2.42. The van der Waals surface area contributed by atoms with Crippen LogP contribution in [0.2, 0.25) is 0 Å². The monoisotopic (exact) mass is 492 g/mol. The molecular weight excluding hydrogens is 458 g/mol. The minimum absolute atomic E-state index is 0.0319. The highest BCUT2D eigenvalue weighted by atomic mass is 19.1. The van der Waals surface area contributed by atoms with Crippen LogP contribution in [0.4, 0.5) is 8.78 Å². The van der Waals surface area contributed by atoms with E-state index in [0.717, 1.165) is 6.07 Å². The molecule has 0 radical (unpaired) electrons. The SMILES string of the molecule is COCC[C@H]([C@@H]1C[C@H]1C(=O)NC1CC(C)(C)Oc2c(F)cc(F)cc21)N1C(=N)NC(C)(C)CC1=O. The summed E-state index contributed by atoms with van der Waals surface area (Å²) in [5, 5.41) is 14.5. The maximum atomic E-state index is 14.4. The second-order valence-corrected chi connectivity index (χ2v) is 11.1. The number of amides is 2. The number of carbonyl (C=O) groups is 2. The molecule has 10 heteroatoms. The largest absolute Gasteiger partial charge is 0.484 e. The van der Waals surface area contributed by atoms with Gasteiger partial charge in [-0.3, -0.25) is 19.9 Å². The van der Waals surface area contributed by atoms with Gasteiger partial charge >= 0.3 is 0 Å². The zero-order valence-electron chi connectivity index (χ0n) is 20.8. The van der Waals surface area contributed by atoms with Crippen LogP contribution < -0.4 is 15.4 Å². The Kier molecular flexibility index (Phi) is 6.54.